The summed E-state index contributed by atoms with van der Waals surface area (Å²) < 4.78 is 0. The Morgan fingerprint density at radius 1 is 1.05 bits per heavy atom. The van der Waals surface area contributed by atoms with Gasteiger partial charge < -0.3 is 0 Å². The van der Waals surface area contributed by atoms with Gasteiger partial charge in [-0.2, -0.15) is 0 Å². The zero-order chi connectivity index (χ0) is 15.6. The van der Waals surface area contributed by atoms with Crippen LogP contribution < -0.4 is 0 Å². The van der Waals surface area contributed by atoms with Crippen molar-refractivity contribution in [3.8, 4) is 0 Å². The molecule has 0 aromatic heterocycles. The molecule has 0 radical (unpaired) electrons. The molecule has 0 bridgehead atoms. The summed E-state index contributed by atoms with van der Waals surface area (Å²) in [5.41, 5.74) is 4.19. The summed E-state index contributed by atoms with van der Waals surface area (Å²) >= 11 is 0. The van der Waals surface area contributed by atoms with E-state index in [4.69, 9.17) is 0 Å². The van der Waals surface area contributed by atoms with Crippen molar-refractivity contribution in [2.24, 2.45) is 17.3 Å². The van der Waals surface area contributed by atoms with Crippen LogP contribution in [0.5, 0.6) is 0 Å². The number of carbonyl (C=O) groups is 1. The van der Waals surface area contributed by atoms with Gasteiger partial charge in [-0.15, -0.1) is 0 Å². The van der Waals surface area contributed by atoms with Crippen LogP contribution in [0.2, 0.25) is 0 Å². The number of Topliss-reactive ketones (excluding diaryl/α,β-unsaturated/α-hetero) is 1. The van der Waals surface area contributed by atoms with Gasteiger partial charge in [-0.25, -0.2) is 0 Å². The monoisotopic (exact) mass is 286 g/mol. The van der Waals surface area contributed by atoms with Gasteiger partial charge in [-0.1, -0.05) is 43.2 Å². The van der Waals surface area contributed by atoms with Gasteiger partial charge in [-0.3, -0.25) is 4.79 Å². The quantitative estimate of drug-likeness (QED) is 0.527. The molecule has 1 heteroatoms. The Labute approximate surface area is 130 Å². The normalized spacial score (nSPS) is 30.5. The molecule has 2 atom stereocenters. The minimum Gasteiger partial charge on any atom is -0.294 e. The first-order valence-corrected chi connectivity index (χ1v) is 8.35. The summed E-state index contributed by atoms with van der Waals surface area (Å²) in [7, 11) is 0. The predicted octanol–water partition coefficient (Wildman–Crippen LogP) is 5.63. The van der Waals surface area contributed by atoms with Crippen molar-refractivity contribution in [3.63, 3.8) is 0 Å². The first-order chi connectivity index (χ1) is 9.82. The van der Waals surface area contributed by atoms with Gasteiger partial charge in [0.25, 0.3) is 0 Å². The maximum absolute atomic E-state index is 12.2. The fourth-order valence-corrected chi connectivity index (χ4v) is 3.59. The average molecular weight is 286 g/mol. The molecule has 0 heterocycles. The van der Waals surface area contributed by atoms with E-state index in [0.29, 0.717) is 23.5 Å². The molecule has 0 aromatic carbocycles. The van der Waals surface area contributed by atoms with Crippen molar-refractivity contribution in [3.05, 3.63) is 34.9 Å². The van der Waals surface area contributed by atoms with E-state index in [0.717, 1.165) is 24.3 Å². The summed E-state index contributed by atoms with van der Waals surface area (Å²) in [5, 5.41) is 0. The van der Waals surface area contributed by atoms with Gasteiger partial charge in [0.15, 0.2) is 5.78 Å². The minimum absolute atomic E-state index is 0.291. The summed E-state index contributed by atoms with van der Waals surface area (Å²) in [6.07, 6.45) is 12.0. The molecule has 1 nitrogen and oxygen atoms in total. The SMILES string of the molecule is CC1=CCC(=O)C(C)=CC2C(CCC(C)=CCC1)C2(C)C. The fourth-order valence-electron chi connectivity index (χ4n) is 3.59. The van der Waals surface area contributed by atoms with Crippen molar-refractivity contribution < 1.29 is 4.79 Å². The van der Waals surface area contributed by atoms with Gasteiger partial charge in [0, 0.05) is 6.42 Å². The van der Waals surface area contributed by atoms with Crippen LogP contribution in [0, 0.1) is 17.3 Å². The number of allylic oxidation sites excluding steroid dienone is 6. The second-order valence-electron chi connectivity index (χ2n) is 7.61. The Hall–Kier alpha value is -1.11. The smallest absolute Gasteiger partial charge is 0.162 e. The molecule has 1 fully saturated rings. The Bertz CT molecular complexity index is 502. The number of carbonyl (C=O) groups excluding carboxylic acids is 1. The Balaban J connectivity index is 2.18. The van der Waals surface area contributed by atoms with Crippen molar-refractivity contribution >= 4 is 5.78 Å². The lowest BCUT2D eigenvalue weighted by molar-refractivity contribution is -0.114. The van der Waals surface area contributed by atoms with Crippen LogP contribution in [0.4, 0.5) is 0 Å². The van der Waals surface area contributed by atoms with Crippen molar-refractivity contribution in [1.29, 1.82) is 0 Å². The molecule has 2 unspecified atom stereocenters. The van der Waals surface area contributed by atoms with E-state index in [1.807, 2.05) is 6.92 Å². The highest BCUT2D eigenvalue weighted by atomic mass is 16.1. The Kier molecular flexibility index (Phi) is 4.91. The van der Waals surface area contributed by atoms with Crippen LogP contribution >= 0.6 is 0 Å². The summed E-state index contributed by atoms with van der Waals surface area (Å²) in [6.45, 7) is 11.1. The van der Waals surface area contributed by atoms with E-state index in [1.165, 1.54) is 24.0 Å². The predicted molar refractivity (Wildman–Crippen MR) is 90.1 cm³/mol. The molecule has 2 aliphatic rings. The van der Waals surface area contributed by atoms with Crippen LogP contribution in [-0.4, -0.2) is 5.78 Å². The largest absolute Gasteiger partial charge is 0.294 e. The zero-order valence-electron chi connectivity index (χ0n) is 14.3. The van der Waals surface area contributed by atoms with Crippen molar-refractivity contribution in [2.45, 2.75) is 66.7 Å². The minimum atomic E-state index is 0.291. The molecular formula is C20H30O. The van der Waals surface area contributed by atoms with Crippen LogP contribution in [0.1, 0.15) is 66.7 Å². The third-order valence-corrected chi connectivity index (χ3v) is 5.53. The molecule has 0 amide bonds. The zero-order valence-corrected chi connectivity index (χ0v) is 14.3. The van der Waals surface area contributed by atoms with E-state index < -0.39 is 0 Å². The molecule has 0 aliphatic heterocycles. The fraction of sp³-hybridized carbons (Fsp3) is 0.650. The molecule has 0 spiro atoms. The van der Waals surface area contributed by atoms with E-state index in [9.17, 15) is 4.79 Å². The van der Waals surface area contributed by atoms with Crippen LogP contribution in [-0.2, 0) is 4.79 Å². The van der Waals surface area contributed by atoms with Gasteiger partial charge in [-0.05, 0) is 69.3 Å². The second kappa shape index (κ2) is 6.34. The van der Waals surface area contributed by atoms with Crippen molar-refractivity contribution in [2.75, 3.05) is 0 Å². The first-order valence-electron chi connectivity index (χ1n) is 8.35. The summed E-state index contributed by atoms with van der Waals surface area (Å²) in [6, 6.07) is 0. The maximum atomic E-state index is 12.2. The maximum Gasteiger partial charge on any atom is 0.162 e. The number of fused-ring (bicyclic) bond motifs is 1. The second-order valence-corrected chi connectivity index (χ2v) is 7.61. The molecule has 0 aromatic rings. The van der Waals surface area contributed by atoms with Crippen LogP contribution in [0.25, 0.3) is 0 Å². The highest BCUT2D eigenvalue weighted by Crippen LogP contribution is 2.61. The van der Waals surface area contributed by atoms with Gasteiger partial charge in [0.05, 0.1) is 0 Å². The molecule has 0 saturated heterocycles. The van der Waals surface area contributed by atoms with Gasteiger partial charge in [0.1, 0.15) is 0 Å². The Morgan fingerprint density at radius 2 is 1.71 bits per heavy atom. The van der Waals surface area contributed by atoms with Crippen molar-refractivity contribution in [1.82, 2.24) is 0 Å². The lowest BCUT2D eigenvalue weighted by atomic mass is 10.0. The summed E-state index contributed by atoms with van der Waals surface area (Å²) in [5.74, 6) is 1.62. The van der Waals surface area contributed by atoms with E-state index in [1.54, 1.807) is 0 Å². The lowest BCUT2D eigenvalue weighted by Gasteiger charge is -2.05. The topological polar surface area (TPSA) is 17.1 Å². The molecule has 0 N–H and O–H groups in total. The van der Waals surface area contributed by atoms with E-state index >= 15 is 0 Å². The molecule has 2 aliphatic carbocycles. The highest BCUT2D eigenvalue weighted by molar-refractivity contribution is 5.95. The molecule has 116 valence electrons. The highest BCUT2D eigenvalue weighted by Gasteiger charge is 2.55. The summed E-state index contributed by atoms with van der Waals surface area (Å²) in [4.78, 5) is 12.2. The molecule has 1 saturated carbocycles. The number of ketones is 1. The number of hydrogen-bond donors (Lipinski definition) is 0. The third kappa shape index (κ3) is 3.96. The van der Waals surface area contributed by atoms with Gasteiger partial charge >= 0.3 is 0 Å². The number of hydrogen-bond acceptors (Lipinski definition) is 1. The Morgan fingerprint density at radius 3 is 2.43 bits per heavy atom. The molecule has 21 heavy (non-hydrogen) atoms. The number of rotatable bonds is 0. The van der Waals surface area contributed by atoms with Crippen LogP contribution in [0.3, 0.4) is 0 Å². The lowest BCUT2D eigenvalue weighted by Crippen LogP contribution is -1.99. The van der Waals surface area contributed by atoms with Gasteiger partial charge in [0.2, 0.25) is 0 Å². The third-order valence-electron chi connectivity index (χ3n) is 5.53. The van der Waals surface area contributed by atoms with Crippen LogP contribution in [0.15, 0.2) is 34.9 Å². The average Bonchev–Trinajstić information content (AvgIpc) is 2.93. The van der Waals surface area contributed by atoms with E-state index in [-0.39, 0.29) is 0 Å². The van der Waals surface area contributed by atoms with E-state index in [2.05, 4.69) is 45.9 Å². The molecular weight excluding hydrogens is 256 g/mol. The standard InChI is InChI=1S/C20H30O/c1-14-7-6-8-15(2)10-12-19(21)16(3)13-18-17(11-9-14)20(18,4)5/h7,10,13,17-18H,6,8-9,11-12H2,1-5H3. The first kappa shape index (κ1) is 16.3. The molecule has 2 rings (SSSR count).